The molecule has 1 atom stereocenters. The van der Waals surface area contributed by atoms with Gasteiger partial charge in [0.05, 0.1) is 7.11 Å². The maximum atomic E-state index is 13.9. The monoisotopic (exact) mass is 472 g/mol. The number of ether oxygens (including phenoxy) is 1. The summed E-state index contributed by atoms with van der Waals surface area (Å²) in [7, 11) is 1.63. The van der Waals surface area contributed by atoms with Gasteiger partial charge in [0.25, 0.3) is 0 Å². The van der Waals surface area contributed by atoms with E-state index in [2.05, 4.69) is 29.6 Å². The number of methoxy groups -OCH3 is 1. The van der Waals surface area contributed by atoms with E-state index in [-0.39, 0.29) is 30.2 Å². The van der Waals surface area contributed by atoms with Crippen LogP contribution in [-0.2, 0) is 16.1 Å². The van der Waals surface area contributed by atoms with E-state index in [1.165, 1.54) is 0 Å². The van der Waals surface area contributed by atoms with Gasteiger partial charge in [0.15, 0.2) is 0 Å². The predicted molar refractivity (Wildman–Crippen MR) is 140 cm³/mol. The number of hydrogen-bond acceptors (Lipinski definition) is 3. The van der Waals surface area contributed by atoms with Gasteiger partial charge in [0.1, 0.15) is 11.8 Å². The summed E-state index contributed by atoms with van der Waals surface area (Å²) in [6.45, 7) is 6.16. The lowest BCUT2D eigenvalue weighted by molar-refractivity contribution is -0.141. The number of amides is 2. The van der Waals surface area contributed by atoms with Crippen molar-refractivity contribution in [2.75, 3.05) is 7.11 Å². The third-order valence-electron chi connectivity index (χ3n) is 6.11. The molecule has 0 saturated carbocycles. The largest absolute Gasteiger partial charge is 0.497 e. The van der Waals surface area contributed by atoms with Crippen LogP contribution in [0.3, 0.4) is 0 Å². The Morgan fingerprint density at radius 1 is 0.857 bits per heavy atom. The van der Waals surface area contributed by atoms with E-state index in [1.807, 2.05) is 81.4 Å². The molecule has 2 amide bonds. The van der Waals surface area contributed by atoms with Gasteiger partial charge in [0.2, 0.25) is 11.8 Å². The van der Waals surface area contributed by atoms with Gasteiger partial charge in [-0.25, -0.2) is 0 Å². The summed E-state index contributed by atoms with van der Waals surface area (Å²) in [5.41, 5.74) is 3.11. The maximum Gasteiger partial charge on any atom is 0.243 e. The number of carbonyl (C=O) groups excluding carboxylic acids is 2. The van der Waals surface area contributed by atoms with Crippen LogP contribution in [0.15, 0.2) is 84.9 Å². The highest BCUT2D eigenvalue weighted by atomic mass is 16.5. The molecule has 0 heterocycles. The molecular weight excluding hydrogens is 436 g/mol. The van der Waals surface area contributed by atoms with Gasteiger partial charge in [0, 0.05) is 24.9 Å². The van der Waals surface area contributed by atoms with Crippen LogP contribution < -0.4 is 10.1 Å². The predicted octanol–water partition coefficient (Wildman–Crippen LogP) is 5.55. The van der Waals surface area contributed by atoms with Crippen LogP contribution >= 0.6 is 0 Å². The SMILES string of the molecule is CC[C@H](C(=O)NC(C)C)N(Cc1ccc(OC)cc1)C(=O)CC(c1ccccc1)c1ccccc1. The van der Waals surface area contributed by atoms with E-state index in [0.717, 1.165) is 22.4 Å². The molecule has 0 saturated heterocycles. The van der Waals surface area contributed by atoms with Crippen molar-refractivity contribution < 1.29 is 14.3 Å². The van der Waals surface area contributed by atoms with E-state index >= 15 is 0 Å². The van der Waals surface area contributed by atoms with Gasteiger partial charge in [-0.15, -0.1) is 0 Å². The Morgan fingerprint density at radius 3 is 1.86 bits per heavy atom. The van der Waals surface area contributed by atoms with Crippen LogP contribution in [0.2, 0.25) is 0 Å². The lowest BCUT2D eigenvalue weighted by atomic mass is 9.88. The zero-order chi connectivity index (χ0) is 25.2. The Kier molecular flexibility index (Phi) is 9.47. The zero-order valence-corrected chi connectivity index (χ0v) is 21.1. The van der Waals surface area contributed by atoms with Gasteiger partial charge < -0.3 is 15.0 Å². The highest BCUT2D eigenvalue weighted by Gasteiger charge is 2.31. The quantitative estimate of drug-likeness (QED) is 0.398. The van der Waals surface area contributed by atoms with Crippen LogP contribution in [-0.4, -0.2) is 35.9 Å². The summed E-state index contributed by atoms with van der Waals surface area (Å²) < 4.78 is 5.28. The van der Waals surface area contributed by atoms with Crippen molar-refractivity contribution in [1.29, 1.82) is 0 Å². The molecule has 0 aromatic heterocycles. The molecule has 0 aliphatic carbocycles. The minimum absolute atomic E-state index is 0.00382. The minimum Gasteiger partial charge on any atom is -0.497 e. The van der Waals surface area contributed by atoms with Gasteiger partial charge in [-0.2, -0.15) is 0 Å². The third-order valence-corrected chi connectivity index (χ3v) is 6.11. The number of nitrogens with one attached hydrogen (secondary N) is 1. The van der Waals surface area contributed by atoms with Gasteiger partial charge in [-0.3, -0.25) is 9.59 Å². The van der Waals surface area contributed by atoms with Gasteiger partial charge >= 0.3 is 0 Å². The van der Waals surface area contributed by atoms with Gasteiger partial charge in [-0.1, -0.05) is 79.7 Å². The molecule has 0 fully saturated rings. The molecule has 0 bridgehead atoms. The number of rotatable bonds is 11. The molecule has 5 heteroatoms. The Labute approximate surface area is 209 Å². The first kappa shape index (κ1) is 26.0. The summed E-state index contributed by atoms with van der Waals surface area (Å²) in [6, 6.07) is 27.3. The smallest absolute Gasteiger partial charge is 0.243 e. The summed E-state index contributed by atoms with van der Waals surface area (Å²) in [5, 5.41) is 3.00. The summed E-state index contributed by atoms with van der Waals surface area (Å²) in [4.78, 5) is 28.8. The Morgan fingerprint density at radius 2 is 1.40 bits per heavy atom. The highest BCUT2D eigenvalue weighted by Crippen LogP contribution is 2.29. The molecule has 35 heavy (non-hydrogen) atoms. The number of hydrogen-bond donors (Lipinski definition) is 1. The van der Waals surface area contributed by atoms with Crippen molar-refractivity contribution >= 4 is 11.8 Å². The molecule has 0 aliphatic rings. The van der Waals surface area contributed by atoms with E-state index in [4.69, 9.17) is 4.74 Å². The van der Waals surface area contributed by atoms with Crippen molar-refractivity contribution in [3.8, 4) is 5.75 Å². The first-order valence-corrected chi connectivity index (χ1v) is 12.3. The second-order valence-electron chi connectivity index (χ2n) is 9.04. The van der Waals surface area contributed by atoms with Crippen molar-refractivity contribution in [3.05, 3.63) is 102 Å². The first-order chi connectivity index (χ1) is 16.9. The molecule has 0 radical (unpaired) electrons. The zero-order valence-electron chi connectivity index (χ0n) is 21.1. The van der Waals surface area contributed by atoms with Crippen LogP contribution in [0, 0.1) is 0 Å². The minimum atomic E-state index is -0.556. The van der Waals surface area contributed by atoms with E-state index in [0.29, 0.717) is 13.0 Å². The highest BCUT2D eigenvalue weighted by molar-refractivity contribution is 5.88. The molecule has 0 unspecified atom stereocenters. The molecular formula is C30H36N2O3. The van der Waals surface area contributed by atoms with E-state index in [9.17, 15) is 9.59 Å². The summed E-state index contributed by atoms with van der Waals surface area (Å²) >= 11 is 0. The molecule has 3 rings (SSSR count). The molecule has 0 aliphatic heterocycles. The molecule has 0 spiro atoms. The fourth-order valence-corrected chi connectivity index (χ4v) is 4.32. The normalized spacial score (nSPS) is 11.8. The second kappa shape index (κ2) is 12.7. The van der Waals surface area contributed by atoms with Crippen molar-refractivity contribution in [3.63, 3.8) is 0 Å². The fourth-order valence-electron chi connectivity index (χ4n) is 4.32. The number of carbonyl (C=O) groups is 2. The van der Waals surface area contributed by atoms with Crippen LogP contribution in [0.4, 0.5) is 0 Å². The van der Waals surface area contributed by atoms with Crippen molar-refractivity contribution in [2.24, 2.45) is 0 Å². The number of nitrogens with zero attached hydrogens (tertiary/aromatic N) is 1. The average Bonchev–Trinajstić information content (AvgIpc) is 2.88. The van der Waals surface area contributed by atoms with Crippen molar-refractivity contribution in [1.82, 2.24) is 10.2 Å². The van der Waals surface area contributed by atoms with E-state index in [1.54, 1.807) is 12.0 Å². The Bertz CT molecular complexity index is 1030. The fraction of sp³-hybridized carbons (Fsp3) is 0.333. The number of benzene rings is 3. The summed E-state index contributed by atoms with van der Waals surface area (Å²) in [5.74, 6) is 0.475. The maximum absolute atomic E-state index is 13.9. The Hall–Kier alpha value is -3.60. The molecule has 3 aromatic rings. The third kappa shape index (κ3) is 7.19. The lowest BCUT2D eigenvalue weighted by Gasteiger charge is -2.32. The topological polar surface area (TPSA) is 58.6 Å². The van der Waals surface area contributed by atoms with Crippen LogP contribution in [0.25, 0.3) is 0 Å². The molecule has 3 aromatic carbocycles. The molecule has 1 N–H and O–H groups in total. The van der Waals surface area contributed by atoms with Crippen LogP contribution in [0.5, 0.6) is 5.75 Å². The Balaban J connectivity index is 1.94. The average molecular weight is 473 g/mol. The summed E-state index contributed by atoms with van der Waals surface area (Å²) in [6.07, 6.45) is 0.803. The van der Waals surface area contributed by atoms with Crippen LogP contribution in [0.1, 0.15) is 56.2 Å². The lowest BCUT2D eigenvalue weighted by Crippen LogP contribution is -2.50. The molecule has 184 valence electrons. The standard InChI is InChI=1S/C30H36N2O3/c1-5-28(30(34)31-22(2)3)32(21-23-16-18-26(35-4)19-17-23)29(33)20-27(24-12-8-6-9-13-24)25-14-10-7-11-15-25/h6-19,22,27-28H,5,20-21H2,1-4H3,(H,31,34)/t28-/m1/s1. The van der Waals surface area contributed by atoms with Crippen molar-refractivity contribution in [2.45, 2.75) is 58.2 Å². The first-order valence-electron chi connectivity index (χ1n) is 12.3. The van der Waals surface area contributed by atoms with E-state index < -0.39 is 6.04 Å². The van der Waals surface area contributed by atoms with Gasteiger partial charge in [-0.05, 0) is 49.1 Å². The molecule has 5 nitrogen and oxygen atoms in total. The second-order valence-corrected chi connectivity index (χ2v) is 9.04.